The highest BCUT2D eigenvalue weighted by Crippen LogP contribution is 2.14. The van der Waals surface area contributed by atoms with E-state index in [1.165, 1.54) is 0 Å². The molecule has 84 valence electrons. The van der Waals surface area contributed by atoms with Crippen molar-refractivity contribution in [3.05, 3.63) is 0 Å². The van der Waals surface area contributed by atoms with E-state index in [4.69, 9.17) is 10.2 Å². The highest BCUT2D eigenvalue weighted by molar-refractivity contribution is 4.92. The van der Waals surface area contributed by atoms with Crippen molar-refractivity contribution < 1.29 is 25.5 Å². The van der Waals surface area contributed by atoms with E-state index in [0.717, 1.165) is 0 Å². The molecule has 0 saturated carbocycles. The Morgan fingerprint density at radius 3 is 2.43 bits per heavy atom. The maximum Gasteiger partial charge on any atom is 0.108 e. The Morgan fingerprint density at radius 2 is 1.86 bits per heavy atom. The number of nitrogens with one attached hydrogen (secondary N) is 1. The summed E-state index contributed by atoms with van der Waals surface area (Å²) in [6, 6.07) is -0.504. The van der Waals surface area contributed by atoms with Gasteiger partial charge in [0.2, 0.25) is 0 Å². The molecule has 1 fully saturated rings. The van der Waals surface area contributed by atoms with Crippen LogP contribution in [0.2, 0.25) is 0 Å². The van der Waals surface area contributed by atoms with Gasteiger partial charge in [-0.1, -0.05) is 0 Å². The van der Waals surface area contributed by atoms with Crippen LogP contribution in [-0.4, -0.2) is 69.1 Å². The molecule has 14 heavy (non-hydrogen) atoms. The van der Waals surface area contributed by atoms with Crippen molar-refractivity contribution in [1.29, 1.82) is 0 Å². The molecule has 0 spiro atoms. The predicted molar refractivity (Wildman–Crippen MR) is 47.5 cm³/mol. The van der Waals surface area contributed by atoms with Crippen LogP contribution in [-0.2, 0) is 0 Å². The molecule has 1 heterocycles. The second kappa shape index (κ2) is 5.01. The fourth-order valence-corrected chi connectivity index (χ4v) is 1.57. The van der Waals surface area contributed by atoms with Crippen LogP contribution >= 0.6 is 0 Å². The van der Waals surface area contributed by atoms with Crippen LogP contribution in [0.1, 0.15) is 6.42 Å². The van der Waals surface area contributed by atoms with E-state index < -0.39 is 30.5 Å². The Balaban J connectivity index is 2.46. The fourth-order valence-electron chi connectivity index (χ4n) is 1.57. The molecule has 0 aliphatic carbocycles. The van der Waals surface area contributed by atoms with Gasteiger partial charge in [0.05, 0.1) is 24.9 Å². The number of aliphatic hydroxyl groups excluding tert-OH is 5. The minimum atomic E-state index is -1.20. The second-order valence-electron chi connectivity index (χ2n) is 3.64. The molecular weight excluding hydrogens is 190 g/mol. The summed E-state index contributed by atoms with van der Waals surface area (Å²) in [7, 11) is 0. The topological polar surface area (TPSA) is 113 Å². The van der Waals surface area contributed by atoms with Gasteiger partial charge < -0.3 is 30.8 Å². The van der Waals surface area contributed by atoms with Crippen LogP contribution in [0.15, 0.2) is 0 Å². The summed E-state index contributed by atoms with van der Waals surface area (Å²) in [5.41, 5.74) is 0. The first kappa shape index (κ1) is 11.8. The standard InChI is InChI=1S/C8H17NO5/c10-3-4(11)1-5-7(13)8(14)6(12)2-9-5/h4-14H,1-3H2/t4-,5-,6-,7-,8-/m1/s1. The SMILES string of the molecule is OC[C@H](O)C[C@H]1NC[C@@H](O)[C@@H](O)[C@@H]1O. The Hall–Kier alpha value is -0.240. The van der Waals surface area contributed by atoms with Crippen molar-refractivity contribution in [3.8, 4) is 0 Å². The lowest BCUT2D eigenvalue weighted by molar-refractivity contribution is -0.101. The minimum Gasteiger partial charge on any atom is -0.394 e. The maximum absolute atomic E-state index is 9.49. The van der Waals surface area contributed by atoms with Crippen LogP contribution in [0.4, 0.5) is 0 Å². The molecule has 1 aliphatic heterocycles. The van der Waals surface area contributed by atoms with Gasteiger partial charge in [-0.25, -0.2) is 0 Å². The zero-order valence-electron chi connectivity index (χ0n) is 7.74. The zero-order chi connectivity index (χ0) is 10.7. The summed E-state index contributed by atoms with van der Waals surface area (Å²) in [4.78, 5) is 0. The van der Waals surface area contributed by atoms with Gasteiger partial charge >= 0.3 is 0 Å². The van der Waals surface area contributed by atoms with Gasteiger partial charge in [-0.3, -0.25) is 0 Å². The number of aliphatic hydroxyl groups is 5. The van der Waals surface area contributed by atoms with Crippen molar-refractivity contribution in [3.63, 3.8) is 0 Å². The molecule has 0 radical (unpaired) electrons. The number of rotatable bonds is 3. The van der Waals surface area contributed by atoms with Gasteiger partial charge in [-0.05, 0) is 6.42 Å². The molecule has 1 saturated heterocycles. The first-order chi connectivity index (χ1) is 6.56. The Kier molecular flexibility index (Phi) is 4.24. The molecule has 1 aliphatic rings. The smallest absolute Gasteiger partial charge is 0.108 e. The first-order valence-electron chi connectivity index (χ1n) is 4.62. The lowest BCUT2D eigenvalue weighted by Gasteiger charge is -2.36. The summed E-state index contributed by atoms with van der Waals surface area (Å²) in [5, 5.41) is 48.5. The van der Waals surface area contributed by atoms with E-state index in [2.05, 4.69) is 5.32 Å². The number of hydrogen-bond donors (Lipinski definition) is 6. The van der Waals surface area contributed by atoms with E-state index in [1.807, 2.05) is 0 Å². The van der Waals surface area contributed by atoms with E-state index >= 15 is 0 Å². The van der Waals surface area contributed by atoms with Crippen molar-refractivity contribution >= 4 is 0 Å². The minimum absolute atomic E-state index is 0.140. The molecule has 0 amide bonds. The van der Waals surface area contributed by atoms with Crippen molar-refractivity contribution in [2.45, 2.75) is 36.9 Å². The molecule has 6 N–H and O–H groups in total. The molecule has 0 aromatic carbocycles. The average molecular weight is 207 g/mol. The quantitative estimate of drug-likeness (QED) is 0.290. The summed E-state index contributed by atoms with van der Waals surface area (Å²) in [6.45, 7) is -0.218. The molecule has 0 aromatic heterocycles. The molecule has 0 unspecified atom stereocenters. The van der Waals surface area contributed by atoms with Gasteiger partial charge in [0.15, 0.2) is 0 Å². The molecule has 1 rings (SSSR count). The van der Waals surface area contributed by atoms with Gasteiger partial charge in [-0.2, -0.15) is 0 Å². The predicted octanol–water partition coefficient (Wildman–Crippen LogP) is -3.22. The molecular formula is C8H17NO5. The Morgan fingerprint density at radius 1 is 1.21 bits per heavy atom. The number of hydrogen-bond acceptors (Lipinski definition) is 6. The van der Waals surface area contributed by atoms with E-state index in [9.17, 15) is 15.3 Å². The van der Waals surface area contributed by atoms with Crippen LogP contribution < -0.4 is 5.32 Å². The van der Waals surface area contributed by atoms with Crippen molar-refractivity contribution in [2.24, 2.45) is 0 Å². The normalized spacial score (nSPS) is 40.9. The largest absolute Gasteiger partial charge is 0.394 e. The lowest BCUT2D eigenvalue weighted by atomic mass is 9.92. The van der Waals surface area contributed by atoms with E-state index in [0.29, 0.717) is 0 Å². The lowest BCUT2D eigenvalue weighted by Crippen LogP contribution is -2.60. The maximum atomic E-state index is 9.49. The highest BCUT2D eigenvalue weighted by Gasteiger charge is 2.36. The molecule has 6 nitrogen and oxygen atoms in total. The van der Waals surface area contributed by atoms with Crippen LogP contribution in [0.3, 0.4) is 0 Å². The third kappa shape index (κ3) is 2.63. The summed E-state index contributed by atoms with van der Waals surface area (Å²) < 4.78 is 0. The second-order valence-corrected chi connectivity index (χ2v) is 3.64. The Labute approximate surface area is 81.8 Å². The average Bonchev–Trinajstić information content (AvgIpc) is 2.19. The van der Waals surface area contributed by atoms with Crippen LogP contribution in [0.5, 0.6) is 0 Å². The third-order valence-electron chi connectivity index (χ3n) is 2.48. The Bertz CT molecular complexity index is 179. The highest BCUT2D eigenvalue weighted by atomic mass is 16.4. The molecule has 0 bridgehead atoms. The van der Waals surface area contributed by atoms with Gasteiger partial charge in [0.1, 0.15) is 6.10 Å². The van der Waals surface area contributed by atoms with Crippen molar-refractivity contribution in [2.75, 3.05) is 13.2 Å². The van der Waals surface area contributed by atoms with Crippen LogP contribution in [0.25, 0.3) is 0 Å². The van der Waals surface area contributed by atoms with Gasteiger partial charge in [-0.15, -0.1) is 0 Å². The summed E-state index contributed by atoms with van der Waals surface area (Å²) >= 11 is 0. The first-order valence-corrected chi connectivity index (χ1v) is 4.62. The molecule has 5 atom stereocenters. The third-order valence-corrected chi connectivity index (χ3v) is 2.48. The summed E-state index contributed by atoms with van der Waals surface area (Å²) in [6.07, 6.45) is -4.11. The monoisotopic (exact) mass is 207 g/mol. The summed E-state index contributed by atoms with van der Waals surface area (Å²) in [5.74, 6) is 0. The van der Waals surface area contributed by atoms with Gasteiger partial charge in [0.25, 0.3) is 0 Å². The number of β-amino-alcohol motifs (C(OH)–C–C–N with tert-alkyl or cyclic N) is 1. The van der Waals surface area contributed by atoms with Gasteiger partial charge in [0, 0.05) is 12.6 Å². The zero-order valence-corrected chi connectivity index (χ0v) is 7.74. The fraction of sp³-hybridized carbons (Fsp3) is 1.00. The molecule has 6 heteroatoms. The van der Waals surface area contributed by atoms with E-state index in [-0.39, 0.29) is 19.6 Å². The number of piperidine rings is 1. The van der Waals surface area contributed by atoms with E-state index in [1.54, 1.807) is 0 Å². The van der Waals surface area contributed by atoms with Crippen molar-refractivity contribution in [1.82, 2.24) is 5.32 Å². The van der Waals surface area contributed by atoms with Crippen LogP contribution in [0, 0.1) is 0 Å². The molecule has 0 aromatic rings.